The number of hydrogen-bond acceptors (Lipinski definition) is 0. The summed E-state index contributed by atoms with van der Waals surface area (Å²) in [4.78, 5) is 0. The van der Waals surface area contributed by atoms with Crippen LogP contribution in [0.3, 0.4) is 0 Å². The standard InChI is InChI=1S/C8H3BF6.Li/c9-6-2-4(7(10,11)12)1-5(3-6)8(13,14)15;/h1-3H;. The average Bonchev–Trinajstić information content (AvgIpc) is 1.99. The van der Waals surface area contributed by atoms with Crippen LogP contribution in [0.25, 0.3) is 0 Å². The predicted octanol–water partition coefficient (Wildman–Crippen LogP) is 2.14. The molecule has 0 spiro atoms. The number of benzene rings is 1. The zero-order valence-electron chi connectivity index (χ0n) is 8.08. The second-order valence-corrected chi connectivity index (χ2v) is 2.84. The van der Waals surface area contributed by atoms with Crippen LogP contribution in [0, 0.1) is 0 Å². The molecule has 1 aromatic carbocycles. The van der Waals surface area contributed by atoms with Gasteiger partial charge in [-0.3, -0.25) is 0 Å². The molecule has 16 heavy (non-hydrogen) atoms. The number of halogens is 6. The van der Waals surface area contributed by atoms with E-state index in [-0.39, 0.29) is 24.9 Å². The first-order valence-electron chi connectivity index (χ1n) is 3.65. The van der Waals surface area contributed by atoms with Gasteiger partial charge in [0, 0.05) is 18.9 Å². The van der Waals surface area contributed by atoms with Gasteiger partial charge in [0.1, 0.15) is 7.85 Å². The molecule has 0 aliphatic heterocycles. The van der Waals surface area contributed by atoms with Crippen LogP contribution >= 0.6 is 0 Å². The maximum absolute atomic E-state index is 12.1. The summed E-state index contributed by atoms with van der Waals surface area (Å²) in [6, 6.07) is 0.931. The molecule has 3 radical (unpaired) electrons. The maximum Gasteiger partial charge on any atom is 0.416 e. The Bertz CT molecular complexity index is 338. The molecule has 0 N–H and O–H groups in total. The molecule has 0 aromatic heterocycles. The molecule has 0 saturated heterocycles. The van der Waals surface area contributed by atoms with Crippen LogP contribution in [0.4, 0.5) is 26.3 Å². The van der Waals surface area contributed by atoms with Gasteiger partial charge in [-0.15, -0.1) is 0 Å². The summed E-state index contributed by atoms with van der Waals surface area (Å²) in [5.41, 5.74) is -3.39. The summed E-state index contributed by atoms with van der Waals surface area (Å²) in [5, 5.41) is 0. The van der Waals surface area contributed by atoms with Crippen molar-refractivity contribution in [3.8, 4) is 0 Å². The normalized spacial score (nSPS) is 12.1. The van der Waals surface area contributed by atoms with Gasteiger partial charge in [-0.1, -0.05) is 17.6 Å². The van der Waals surface area contributed by atoms with Crippen LogP contribution in [-0.4, -0.2) is 26.7 Å². The van der Waals surface area contributed by atoms with Crippen molar-refractivity contribution < 1.29 is 26.3 Å². The van der Waals surface area contributed by atoms with Gasteiger partial charge in [0.2, 0.25) is 0 Å². The monoisotopic (exact) mass is 231 g/mol. The topological polar surface area (TPSA) is 0 Å². The molecule has 8 heteroatoms. The van der Waals surface area contributed by atoms with Gasteiger partial charge in [0.05, 0.1) is 11.1 Å². The minimum atomic E-state index is -4.84. The molecule has 0 aliphatic carbocycles. The van der Waals surface area contributed by atoms with Crippen molar-refractivity contribution in [1.82, 2.24) is 0 Å². The Kier molecular flexibility index (Phi) is 4.60. The van der Waals surface area contributed by atoms with E-state index in [0.29, 0.717) is 12.1 Å². The van der Waals surface area contributed by atoms with Crippen molar-refractivity contribution in [2.24, 2.45) is 0 Å². The zero-order chi connectivity index (χ0) is 11.9. The van der Waals surface area contributed by atoms with Crippen molar-refractivity contribution in [2.75, 3.05) is 0 Å². The summed E-state index contributed by atoms with van der Waals surface area (Å²) < 4.78 is 72.7. The van der Waals surface area contributed by atoms with E-state index in [4.69, 9.17) is 7.85 Å². The summed E-state index contributed by atoms with van der Waals surface area (Å²) in [6.07, 6.45) is -9.68. The maximum atomic E-state index is 12.1. The van der Waals surface area contributed by atoms with E-state index in [2.05, 4.69) is 0 Å². The largest absolute Gasteiger partial charge is 0.416 e. The van der Waals surface area contributed by atoms with E-state index in [0.717, 1.165) is 0 Å². The fraction of sp³-hybridized carbons (Fsp3) is 0.250. The molecular weight excluding hydrogens is 228 g/mol. The van der Waals surface area contributed by atoms with E-state index in [1.54, 1.807) is 0 Å². The van der Waals surface area contributed by atoms with Gasteiger partial charge in [-0.2, -0.15) is 26.3 Å². The summed E-state index contributed by atoms with van der Waals surface area (Å²) in [5.74, 6) is 0. The first kappa shape index (κ1) is 15.5. The summed E-state index contributed by atoms with van der Waals surface area (Å²) in [6.45, 7) is 0. The molecule has 1 rings (SSSR count). The molecule has 0 atom stereocenters. The fourth-order valence-corrected chi connectivity index (χ4v) is 0.979. The van der Waals surface area contributed by atoms with Crippen molar-refractivity contribution in [3.05, 3.63) is 29.3 Å². The van der Waals surface area contributed by atoms with Crippen molar-refractivity contribution in [3.63, 3.8) is 0 Å². The summed E-state index contributed by atoms with van der Waals surface area (Å²) >= 11 is 0. The van der Waals surface area contributed by atoms with E-state index in [9.17, 15) is 26.3 Å². The van der Waals surface area contributed by atoms with Crippen LogP contribution < -0.4 is 5.46 Å². The number of hydrogen-bond donors (Lipinski definition) is 0. The Balaban J connectivity index is 0.00000225. The van der Waals surface area contributed by atoms with Crippen molar-refractivity contribution >= 4 is 32.2 Å². The number of alkyl halides is 6. The van der Waals surface area contributed by atoms with Crippen molar-refractivity contribution in [1.29, 1.82) is 0 Å². The Hall–Kier alpha value is -0.538. The van der Waals surface area contributed by atoms with E-state index in [1.807, 2.05) is 0 Å². The molecule has 0 amide bonds. The van der Waals surface area contributed by atoms with Crippen LogP contribution in [0.1, 0.15) is 11.1 Å². The third kappa shape index (κ3) is 3.80. The molecule has 81 valence electrons. The Morgan fingerprint density at radius 1 is 0.750 bits per heavy atom. The summed E-state index contributed by atoms with van der Waals surface area (Å²) in [7, 11) is 4.95. The minimum Gasteiger partial charge on any atom is -0.166 e. The molecule has 0 heterocycles. The van der Waals surface area contributed by atoms with Crippen LogP contribution in [0.2, 0.25) is 0 Å². The second-order valence-electron chi connectivity index (χ2n) is 2.84. The van der Waals surface area contributed by atoms with Crippen LogP contribution in [0.15, 0.2) is 18.2 Å². The smallest absolute Gasteiger partial charge is 0.166 e. The van der Waals surface area contributed by atoms with E-state index >= 15 is 0 Å². The molecule has 0 saturated carbocycles. The first-order valence-corrected chi connectivity index (χ1v) is 3.65. The average molecular weight is 231 g/mol. The van der Waals surface area contributed by atoms with Gasteiger partial charge in [-0.05, 0) is 6.07 Å². The van der Waals surface area contributed by atoms with Gasteiger partial charge in [-0.25, -0.2) is 0 Å². The van der Waals surface area contributed by atoms with E-state index in [1.165, 1.54) is 0 Å². The fourth-order valence-electron chi connectivity index (χ4n) is 0.979. The van der Waals surface area contributed by atoms with Gasteiger partial charge < -0.3 is 0 Å². The van der Waals surface area contributed by atoms with Crippen LogP contribution in [-0.2, 0) is 12.4 Å². The zero-order valence-corrected chi connectivity index (χ0v) is 8.08. The van der Waals surface area contributed by atoms with Crippen LogP contribution in [0.5, 0.6) is 0 Å². The SMILES string of the molecule is [B]c1cc(C(F)(F)F)cc(C(F)(F)F)c1.[Li]. The first-order chi connectivity index (χ1) is 6.60. The molecular formula is C8H3BF6Li. The Labute approximate surface area is 101 Å². The molecule has 0 aliphatic rings. The quantitative estimate of drug-likeness (QED) is 0.473. The third-order valence-corrected chi connectivity index (χ3v) is 1.61. The van der Waals surface area contributed by atoms with Crippen molar-refractivity contribution in [2.45, 2.75) is 12.4 Å². The van der Waals surface area contributed by atoms with Gasteiger partial charge in [0.25, 0.3) is 0 Å². The number of rotatable bonds is 0. The molecule has 0 nitrogen and oxygen atoms in total. The molecule has 0 fully saturated rings. The molecule has 0 unspecified atom stereocenters. The Morgan fingerprint density at radius 3 is 1.31 bits per heavy atom. The Morgan fingerprint density at radius 2 is 1.06 bits per heavy atom. The second kappa shape index (κ2) is 4.76. The molecule has 0 bridgehead atoms. The van der Waals surface area contributed by atoms with Gasteiger partial charge >= 0.3 is 12.4 Å². The minimum absolute atomic E-state index is 0. The van der Waals surface area contributed by atoms with E-state index < -0.39 is 28.9 Å². The van der Waals surface area contributed by atoms with Gasteiger partial charge in [0.15, 0.2) is 0 Å². The third-order valence-electron chi connectivity index (χ3n) is 1.61. The molecule has 1 aromatic rings. The predicted molar refractivity (Wildman–Crippen MR) is 47.6 cm³/mol.